The predicted molar refractivity (Wildman–Crippen MR) is 107 cm³/mol. The zero-order chi connectivity index (χ0) is 19.5. The van der Waals surface area contributed by atoms with Gasteiger partial charge in [-0.1, -0.05) is 30.3 Å². The number of benzene rings is 1. The first-order chi connectivity index (χ1) is 13.6. The van der Waals surface area contributed by atoms with Crippen LogP contribution in [-0.2, 0) is 0 Å². The second-order valence-electron chi connectivity index (χ2n) is 7.11. The molecule has 1 aliphatic heterocycles. The number of likely N-dealkylation sites (tertiary alicyclic amines) is 1. The fourth-order valence-electron chi connectivity index (χ4n) is 3.86. The van der Waals surface area contributed by atoms with Crippen LogP contribution in [0.25, 0.3) is 11.1 Å². The number of hydrogen-bond donors (Lipinski definition) is 1. The fraction of sp³-hybridized carbons (Fsp3) is 0.273. The van der Waals surface area contributed by atoms with Crippen molar-refractivity contribution in [2.24, 2.45) is 0 Å². The van der Waals surface area contributed by atoms with Gasteiger partial charge in [-0.15, -0.1) is 0 Å². The van der Waals surface area contributed by atoms with Crippen LogP contribution in [0.1, 0.15) is 40.5 Å². The summed E-state index contributed by atoms with van der Waals surface area (Å²) in [6.45, 7) is 3.12. The van der Waals surface area contributed by atoms with Crippen molar-refractivity contribution in [1.29, 1.82) is 0 Å². The van der Waals surface area contributed by atoms with Crippen molar-refractivity contribution in [1.82, 2.24) is 19.9 Å². The third-order valence-electron chi connectivity index (χ3n) is 5.27. The van der Waals surface area contributed by atoms with Gasteiger partial charge in [0.05, 0.1) is 23.3 Å². The van der Waals surface area contributed by atoms with Crippen LogP contribution < -0.4 is 5.56 Å². The zero-order valence-corrected chi connectivity index (χ0v) is 15.8. The number of amides is 1. The molecule has 0 radical (unpaired) electrons. The summed E-state index contributed by atoms with van der Waals surface area (Å²) in [5, 5.41) is 0. The van der Waals surface area contributed by atoms with Gasteiger partial charge < -0.3 is 9.88 Å². The molecule has 0 spiro atoms. The molecule has 1 aliphatic rings. The predicted octanol–water partition coefficient (Wildman–Crippen LogP) is 3.16. The van der Waals surface area contributed by atoms with E-state index in [1.807, 2.05) is 48.2 Å². The maximum atomic E-state index is 13.5. The van der Waals surface area contributed by atoms with E-state index in [0.29, 0.717) is 18.7 Å². The first kappa shape index (κ1) is 18.1. The summed E-state index contributed by atoms with van der Waals surface area (Å²) in [6.07, 6.45) is 4.97. The molecule has 6 nitrogen and oxygen atoms in total. The Balaban J connectivity index is 1.65. The van der Waals surface area contributed by atoms with Gasteiger partial charge in [-0.3, -0.25) is 14.6 Å². The molecule has 142 valence electrons. The van der Waals surface area contributed by atoms with Crippen LogP contribution in [0.15, 0.2) is 59.8 Å². The van der Waals surface area contributed by atoms with Crippen LogP contribution >= 0.6 is 0 Å². The fourth-order valence-corrected chi connectivity index (χ4v) is 3.86. The van der Waals surface area contributed by atoms with Gasteiger partial charge in [-0.05, 0) is 37.0 Å². The van der Waals surface area contributed by atoms with E-state index >= 15 is 0 Å². The first-order valence-corrected chi connectivity index (χ1v) is 9.48. The molecule has 0 aliphatic carbocycles. The SMILES string of the molecule is Cc1nccc(-c2ccccc2)c1C(=O)N1CCC[C@H](c2cc(=O)[nH]cn2)C1. The zero-order valence-electron chi connectivity index (χ0n) is 15.8. The molecule has 3 aromatic rings. The quantitative estimate of drug-likeness (QED) is 0.764. The van der Waals surface area contributed by atoms with Crippen molar-refractivity contribution >= 4 is 5.91 Å². The molecule has 4 rings (SSSR count). The highest BCUT2D eigenvalue weighted by Crippen LogP contribution is 2.30. The van der Waals surface area contributed by atoms with Crippen molar-refractivity contribution in [3.05, 3.63) is 82.3 Å². The molecule has 2 aromatic heterocycles. The Bertz CT molecular complexity index is 1050. The lowest BCUT2D eigenvalue weighted by Crippen LogP contribution is -2.40. The Morgan fingerprint density at radius 2 is 2.00 bits per heavy atom. The number of H-pyrrole nitrogens is 1. The van der Waals surface area contributed by atoms with E-state index in [1.54, 1.807) is 6.20 Å². The Morgan fingerprint density at radius 1 is 1.18 bits per heavy atom. The molecule has 1 atom stereocenters. The van der Waals surface area contributed by atoms with E-state index in [0.717, 1.165) is 35.4 Å². The molecule has 1 fully saturated rings. The Labute approximate surface area is 163 Å². The lowest BCUT2D eigenvalue weighted by molar-refractivity contribution is 0.0705. The first-order valence-electron chi connectivity index (χ1n) is 9.48. The molecule has 0 saturated carbocycles. The maximum absolute atomic E-state index is 13.5. The average molecular weight is 374 g/mol. The number of hydrogen-bond acceptors (Lipinski definition) is 4. The average Bonchev–Trinajstić information content (AvgIpc) is 2.74. The van der Waals surface area contributed by atoms with Crippen LogP contribution in [0.4, 0.5) is 0 Å². The summed E-state index contributed by atoms with van der Waals surface area (Å²) in [4.78, 5) is 38.2. The van der Waals surface area contributed by atoms with E-state index in [2.05, 4.69) is 15.0 Å². The van der Waals surface area contributed by atoms with Gasteiger partial charge in [0.1, 0.15) is 0 Å². The van der Waals surface area contributed by atoms with Crippen molar-refractivity contribution in [3.8, 4) is 11.1 Å². The highest BCUT2D eigenvalue weighted by atomic mass is 16.2. The van der Waals surface area contributed by atoms with Gasteiger partial charge in [0.15, 0.2) is 0 Å². The Morgan fingerprint density at radius 3 is 2.79 bits per heavy atom. The topological polar surface area (TPSA) is 79.0 Å². The third-order valence-corrected chi connectivity index (χ3v) is 5.27. The monoisotopic (exact) mass is 374 g/mol. The van der Waals surface area contributed by atoms with E-state index in [9.17, 15) is 9.59 Å². The van der Waals surface area contributed by atoms with Crippen molar-refractivity contribution in [2.75, 3.05) is 13.1 Å². The summed E-state index contributed by atoms with van der Waals surface area (Å²) in [5.74, 6) is 0.0520. The number of pyridine rings is 1. The van der Waals surface area contributed by atoms with Crippen LogP contribution in [0.5, 0.6) is 0 Å². The summed E-state index contributed by atoms with van der Waals surface area (Å²) >= 11 is 0. The number of nitrogens with one attached hydrogen (secondary N) is 1. The van der Waals surface area contributed by atoms with Gasteiger partial charge in [0.25, 0.3) is 11.5 Å². The standard InChI is InChI=1S/C22H22N4O2/c1-15-21(18(9-10-23-15)16-6-3-2-4-7-16)22(28)26-11-5-8-17(13-26)19-12-20(27)25-14-24-19/h2-4,6-7,9-10,12,14,17H,5,8,11,13H2,1H3,(H,24,25,27)/t17-/m0/s1. The van der Waals surface area contributed by atoms with Crippen LogP contribution in [-0.4, -0.2) is 38.8 Å². The molecule has 28 heavy (non-hydrogen) atoms. The maximum Gasteiger partial charge on any atom is 0.256 e. The van der Waals surface area contributed by atoms with Crippen molar-refractivity contribution in [2.45, 2.75) is 25.7 Å². The molecule has 1 saturated heterocycles. The second-order valence-corrected chi connectivity index (χ2v) is 7.11. The van der Waals surface area contributed by atoms with E-state index in [-0.39, 0.29) is 17.4 Å². The number of carbonyl (C=O) groups excluding carboxylic acids is 1. The normalized spacial score (nSPS) is 16.8. The lowest BCUT2D eigenvalue weighted by Gasteiger charge is -2.33. The molecular weight excluding hydrogens is 352 g/mol. The largest absolute Gasteiger partial charge is 0.338 e. The highest BCUT2D eigenvalue weighted by Gasteiger charge is 2.29. The minimum Gasteiger partial charge on any atom is -0.338 e. The molecule has 1 amide bonds. The van der Waals surface area contributed by atoms with E-state index < -0.39 is 0 Å². The number of piperidine rings is 1. The van der Waals surface area contributed by atoms with Crippen LogP contribution in [0, 0.1) is 6.92 Å². The summed E-state index contributed by atoms with van der Waals surface area (Å²) in [5.41, 5.74) is 3.85. The number of aromatic nitrogens is 3. The summed E-state index contributed by atoms with van der Waals surface area (Å²) in [6, 6.07) is 13.3. The summed E-state index contributed by atoms with van der Waals surface area (Å²) < 4.78 is 0. The molecule has 0 bridgehead atoms. The second kappa shape index (κ2) is 7.76. The van der Waals surface area contributed by atoms with E-state index in [1.165, 1.54) is 12.4 Å². The Hall–Kier alpha value is -3.28. The number of carbonyl (C=O) groups is 1. The number of aromatic amines is 1. The molecular formula is C22H22N4O2. The molecule has 3 heterocycles. The highest BCUT2D eigenvalue weighted by molar-refractivity contribution is 6.01. The number of rotatable bonds is 3. The van der Waals surface area contributed by atoms with Crippen LogP contribution in [0.3, 0.4) is 0 Å². The van der Waals surface area contributed by atoms with E-state index in [4.69, 9.17) is 0 Å². The molecule has 6 heteroatoms. The van der Waals surface area contributed by atoms with Gasteiger partial charge in [-0.25, -0.2) is 4.98 Å². The van der Waals surface area contributed by atoms with Gasteiger partial charge in [0.2, 0.25) is 0 Å². The van der Waals surface area contributed by atoms with Gasteiger partial charge in [-0.2, -0.15) is 0 Å². The summed E-state index contributed by atoms with van der Waals surface area (Å²) in [7, 11) is 0. The molecule has 0 unspecified atom stereocenters. The minimum absolute atomic E-state index is 0.0148. The molecule has 1 N–H and O–H groups in total. The lowest BCUT2D eigenvalue weighted by atomic mass is 9.92. The van der Waals surface area contributed by atoms with Crippen molar-refractivity contribution < 1.29 is 4.79 Å². The number of aryl methyl sites for hydroxylation is 1. The smallest absolute Gasteiger partial charge is 0.256 e. The van der Waals surface area contributed by atoms with Gasteiger partial charge >= 0.3 is 0 Å². The van der Waals surface area contributed by atoms with Gasteiger partial charge in [0, 0.05) is 31.3 Å². The number of nitrogens with zero attached hydrogens (tertiary/aromatic N) is 3. The van der Waals surface area contributed by atoms with Crippen LogP contribution in [0.2, 0.25) is 0 Å². The van der Waals surface area contributed by atoms with Crippen molar-refractivity contribution in [3.63, 3.8) is 0 Å². The minimum atomic E-state index is -0.164. The Kier molecular flexibility index (Phi) is 5.02. The molecule has 1 aromatic carbocycles. The third kappa shape index (κ3) is 3.58.